The van der Waals surface area contributed by atoms with Crippen molar-refractivity contribution in [1.82, 2.24) is 4.31 Å². The molecule has 1 heterocycles. The van der Waals surface area contributed by atoms with E-state index in [0.717, 1.165) is 24.7 Å². The van der Waals surface area contributed by atoms with Crippen LogP contribution in [0.3, 0.4) is 0 Å². The highest BCUT2D eigenvalue weighted by atomic mass is 79.9. The minimum Gasteiger partial charge on any atom is -0.213 e. The molecule has 1 aliphatic rings. The molecule has 2 unspecified atom stereocenters. The van der Waals surface area contributed by atoms with Crippen LogP contribution < -0.4 is 0 Å². The molecule has 0 spiro atoms. The molecule has 0 N–H and O–H groups in total. The second-order valence-corrected chi connectivity index (χ2v) is 7.25. The van der Waals surface area contributed by atoms with Gasteiger partial charge in [0, 0.05) is 18.4 Å². The summed E-state index contributed by atoms with van der Waals surface area (Å²) in [5.41, 5.74) is 0. The van der Waals surface area contributed by atoms with Gasteiger partial charge in [0.15, 0.2) is 0 Å². The Balaban J connectivity index is 2.49. The third-order valence-corrected chi connectivity index (χ3v) is 5.32. The summed E-state index contributed by atoms with van der Waals surface area (Å²) in [5, 5.41) is 1.00. The van der Waals surface area contributed by atoms with Crippen LogP contribution in [0.4, 0.5) is 0 Å². The van der Waals surface area contributed by atoms with Crippen molar-refractivity contribution in [2.75, 3.05) is 24.7 Å². The average molecular weight is 298 g/mol. The van der Waals surface area contributed by atoms with Crippen molar-refractivity contribution in [3.05, 3.63) is 0 Å². The molecule has 0 radical (unpaired) electrons. The summed E-state index contributed by atoms with van der Waals surface area (Å²) in [6, 6.07) is 0. The molecule has 90 valence electrons. The number of hydrogen-bond acceptors (Lipinski definition) is 2. The smallest absolute Gasteiger partial charge is 0.211 e. The molecule has 1 fully saturated rings. The van der Waals surface area contributed by atoms with E-state index in [1.54, 1.807) is 4.31 Å². The Labute approximate surface area is 101 Å². The molecular formula is C10H20BrNO2S. The quantitative estimate of drug-likeness (QED) is 0.745. The van der Waals surface area contributed by atoms with Crippen LogP contribution >= 0.6 is 15.9 Å². The van der Waals surface area contributed by atoms with Crippen molar-refractivity contribution >= 4 is 26.0 Å². The second kappa shape index (κ2) is 5.64. The molecule has 0 amide bonds. The van der Waals surface area contributed by atoms with Gasteiger partial charge in [-0.3, -0.25) is 0 Å². The van der Waals surface area contributed by atoms with Gasteiger partial charge in [0.25, 0.3) is 0 Å². The van der Waals surface area contributed by atoms with Crippen molar-refractivity contribution in [1.29, 1.82) is 0 Å². The molecule has 0 aromatic heterocycles. The predicted octanol–water partition coefficient (Wildman–Crippen LogP) is 2.08. The van der Waals surface area contributed by atoms with E-state index in [1.807, 2.05) is 0 Å². The highest BCUT2D eigenvalue weighted by Crippen LogP contribution is 2.25. The van der Waals surface area contributed by atoms with Crippen molar-refractivity contribution < 1.29 is 8.42 Å². The predicted molar refractivity (Wildman–Crippen MR) is 66.7 cm³/mol. The molecule has 0 saturated carbocycles. The highest BCUT2D eigenvalue weighted by Gasteiger charge is 2.26. The third kappa shape index (κ3) is 4.41. The molecule has 0 aromatic rings. The number of hydrogen-bond donors (Lipinski definition) is 0. The summed E-state index contributed by atoms with van der Waals surface area (Å²) in [6.45, 7) is 3.63. The lowest BCUT2D eigenvalue weighted by Gasteiger charge is -2.32. The number of nitrogens with zero attached hydrogens (tertiary/aromatic N) is 1. The molecule has 1 rings (SSSR count). The van der Waals surface area contributed by atoms with Crippen LogP contribution in [0.5, 0.6) is 0 Å². The van der Waals surface area contributed by atoms with Gasteiger partial charge in [-0.1, -0.05) is 22.9 Å². The summed E-state index contributed by atoms with van der Waals surface area (Å²) in [7, 11) is -2.98. The maximum Gasteiger partial charge on any atom is 0.211 e. The molecule has 5 heteroatoms. The Hall–Kier alpha value is 0.390. The van der Waals surface area contributed by atoms with E-state index in [-0.39, 0.29) is 0 Å². The highest BCUT2D eigenvalue weighted by molar-refractivity contribution is 9.09. The van der Waals surface area contributed by atoms with Gasteiger partial charge in [0.1, 0.15) is 0 Å². The Morgan fingerprint density at radius 1 is 1.53 bits per heavy atom. The third-order valence-electron chi connectivity index (χ3n) is 2.95. The first-order chi connectivity index (χ1) is 6.93. The maximum atomic E-state index is 11.4. The molecular weight excluding hydrogens is 278 g/mol. The molecule has 0 aliphatic carbocycles. The lowest BCUT2D eigenvalue weighted by molar-refractivity contribution is 0.240. The zero-order chi connectivity index (χ0) is 11.5. The minimum absolute atomic E-state index is 0.543. The van der Waals surface area contributed by atoms with E-state index in [4.69, 9.17) is 0 Å². The van der Waals surface area contributed by atoms with Crippen molar-refractivity contribution in [3.8, 4) is 0 Å². The van der Waals surface area contributed by atoms with Gasteiger partial charge in [0.05, 0.1) is 6.26 Å². The van der Waals surface area contributed by atoms with Crippen molar-refractivity contribution in [2.45, 2.75) is 26.2 Å². The van der Waals surface area contributed by atoms with Gasteiger partial charge in [-0.05, 0) is 31.1 Å². The zero-order valence-corrected chi connectivity index (χ0v) is 11.8. The summed E-state index contributed by atoms with van der Waals surface area (Å²) in [4.78, 5) is 0. The second-order valence-electron chi connectivity index (χ2n) is 4.62. The Kier molecular flexibility index (Phi) is 5.06. The number of rotatable bonds is 4. The van der Waals surface area contributed by atoms with Gasteiger partial charge in [0.2, 0.25) is 10.0 Å². The summed E-state index contributed by atoms with van der Waals surface area (Å²) in [6.07, 6.45) is 4.61. The summed E-state index contributed by atoms with van der Waals surface area (Å²) < 4.78 is 24.4. The van der Waals surface area contributed by atoms with Gasteiger partial charge in [-0.15, -0.1) is 0 Å². The van der Waals surface area contributed by atoms with E-state index in [9.17, 15) is 8.42 Å². The first kappa shape index (κ1) is 13.5. The lowest BCUT2D eigenvalue weighted by Crippen LogP contribution is -2.39. The largest absolute Gasteiger partial charge is 0.213 e. The molecule has 3 nitrogen and oxygen atoms in total. The topological polar surface area (TPSA) is 37.4 Å². The molecule has 15 heavy (non-hydrogen) atoms. The SMILES string of the molecule is CC(CBr)CC1CCCN(S(C)(=O)=O)C1. The number of alkyl halides is 1. The Morgan fingerprint density at radius 2 is 2.20 bits per heavy atom. The number of halogens is 1. The van der Waals surface area contributed by atoms with Crippen molar-refractivity contribution in [3.63, 3.8) is 0 Å². The van der Waals surface area contributed by atoms with Crippen LogP contribution in [0.25, 0.3) is 0 Å². The van der Waals surface area contributed by atoms with Crippen LogP contribution in [-0.2, 0) is 10.0 Å². The van der Waals surface area contributed by atoms with Gasteiger partial charge >= 0.3 is 0 Å². The van der Waals surface area contributed by atoms with Crippen LogP contribution in [0, 0.1) is 11.8 Å². The van der Waals surface area contributed by atoms with Gasteiger partial charge < -0.3 is 0 Å². The maximum absolute atomic E-state index is 11.4. The summed E-state index contributed by atoms with van der Waals surface area (Å²) >= 11 is 3.46. The Bertz CT molecular complexity index is 292. The zero-order valence-electron chi connectivity index (χ0n) is 9.45. The average Bonchev–Trinajstić information content (AvgIpc) is 2.17. The first-order valence-corrected chi connectivity index (χ1v) is 8.41. The van der Waals surface area contributed by atoms with Crippen LogP contribution in [0.15, 0.2) is 0 Å². The number of sulfonamides is 1. The van der Waals surface area contributed by atoms with E-state index >= 15 is 0 Å². The van der Waals surface area contributed by atoms with E-state index in [2.05, 4.69) is 22.9 Å². The van der Waals surface area contributed by atoms with Crippen LogP contribution in [0.2, 0.25) is 0 Å². The van der Waals surface area contributed by atoms with Gasteiger partial charge in [-0.25, -0.2) is 12.7 Å². The fourth-order valence-corrected chi connectivity index (χ4v) is 3.36. The molecule has 1 aliphatic heterocycles. The van der Waals surface area contributed by atoms with E-state index in [0.29, 0.717) is 18.4 Å². The van der Waals surface area contributed by atoms with Crippen LogP contribution in [-0.4, -0.2) is 37.4 Å². The molecule has 0 aromatic carbocycles. The standard InChI is InChI=1S/C10H20BrNO2S/c1-9(7-11)6-10-4-3-5-12(8-10)15(2,13)14/h9-10H,3-8H2,1-2H3. The molecule has 0 bridgehead atoms. The normalized spacial score (nSPS) is 26.5. The fourth-order valence-electron chi connectivity index (χ4n) is 2.15. The molecule has 1 saturated heterocycles. The summed E-state index contributed by atoms with van der Waals surface area (Å²) in [5.74, 6) is 1.18. The molecule has 2 atom stereocenters. The minimum atomic E-state index is -2.98. The number of piperidine rings is 1. The van der Waals surface area contributed by atoms with E-state index < -0.39 is 10.0 Å². The van der Waals surface area contributed by atoms with Gasteiger partial charge in [-0.2, -0.15) is 0 Å². The van der Waals surface area contributed by atoms with Crippen LogP contribution in [0.1, 0.15) is 26.2 Å². The monoisotopic (exact) mass is 297 g/mol. The van der Waals surface area contributed by atoms with Crippen molar-refractivity contribution in [2.24, 2.45) is 11.8 Å². The lowest BCUT2D eigenvalue weighted by atomic mass is 9.91. The fraction of sp³-hybridized carbons (Fsp3) is 1.00. The Morgan fingerprint density at radius 3 is 2.73 bits per heavy atom. The first-order valence-electron chi connectivity index (χ1n) is 5.44. The van der Waals surface area contributed by atoms with E-state index in [1.165, 1.54) is 12.7 Å².